The van der Waals surface area contributed by atoms with Crippen molar-refractivity contribution in [3.05, 3.63) is 48.0 Å². The van der Waals surface area contributed by atoms with Crippen LogP contribution in [-0.4, -0.2) is 6.54 Å². The number of nitrogen functional groups attached to an aromatic ring is 1. The summed E-state index contributed by atoms with van der Waals surface area (Å²) in [5.41, 5.74) is 13.3. The molecule has 0 amide bonds. The first-order chi connectivity index (χ1) is 7.33. The van der Waals surface area contributed by atoms with Crippen LogP contribution in [0.2, 0.25) is 0 Å². The van der Waals surface area contributed by atoms with E-state index in [1.165, 1.54) is 5.39 Å². The SMILES string of the molecule is NCC=Cc1cccc2c(N)cccc12. The molecule has 0 aliphatic carbocycles. The van der Waals surface area contributed by atoms with Gasteiger partial charge in [-0.05, 0) is 17.0 Å². The number of hydrogen-bond acceptors (Lipinski definition) is 2. The van der Waals surface area contributed by atoms with Crippen LogP contribution in [0.25, 0.3) is 16.8 Å². The second-order valence-electron chi connectivity index (χ2n) is 3.43. The van der Waals surface area contributed by atoms with Crippen LogP contribution in [0.5, 0.6) is 0 Å². The molecule has 0 saturated carbocycles. The summed E-state index contributed by atoms with van der Waals surface area (Å²) < 4.78 is 0. The zero-order valence-corrected chi connectivity index (χ0v) is 8.48. The van der Waals surface area contributed by atoms with Crippen LogP contribution in [0.15, 0.2) is 42.5 Å². The second-order valence-corrected chi connectivity index (χ2v) is 3.43. The summed E-state index contributed by atoms with van der Waals surface area (Å²) in [5, 5.41) is 2.26. The summed E-state index contributed by atoms with van der Waals surface area (Å²) in [6.07, 6.45) is 3.97. The lowest BCUT2D eigenvalue weighted by Gasteiger charge is -2.04. The molecule has 0 aliphatic heterocycles. The largest absolute Gasteiger partial charge is 0.398 e. The third-order valence-corrected chi connectivity index (χ3v) is 2.42. The fourth-order valence-corrected chi connectivity index (χ4v) is 1.70. The van der Waals surface area contributed by atoms with E-state index in [4.69, 9.17) is 11.5 Å². The molecule has 0 bridgehead atoms. The van der Waals surface area contributed by atoms with Crippen molar-refractivity contribution in [1.29, 1.82) is 0 Å². The van der Waals surface area contributed by atoms with Crippen LogP contribution < -0.4 is 11.5 Å². The summed E-state index contributed by atoms with van der Waals surface area (Å²) in [6.45, 7) is 0.554. The van der Waals surface area contributed by atoms with Gasteiger partial charge in [0.1, 0.15) is 0 Å². The number of benzene rings is 2. The van der Waals surface area contributed by atoms with Gasteiger partial charge in [0.05, 0.1) is 0 Å². The second kappa shape index (κ2) is 4.15. The molecule has 4 N–H and O–H groups in total. The molecule has 76 valence electrons. The number of fused-ring (bicyclic) bond motifs is 1. The zero-order chi connectivity index (χ0) is 10.7. The maximum Gasteiger partial charge on any atom is 0.0393 e. The van der Waals surface area contributed by atoms with Gasteiger partial charge in [-0.15, -0.1) is 0 Å². The topological polar surface area (TPSA) is 52.0 Å². The van der Waals surface area contributed by atoms with E-state index in [9.17, 15) is 0 Å². The van der Waals surface area contributed by atoms with Crippen molar-refractivity contribution in [2.24, 2.45) is 5.73 Å². The summed E-state index contributed by atoms with van der Waals surface area (Å²) in [6, 6.07) is 12.1. The van der Waals surface area contributed by atoms with Crippen LogP contribution >= 0.6 is 0 Å². The monoisotopic (exact) mass is 198 g/mol. The highest BCUT2D eigenvalue weighted by Crippen LogP contribution is 2.24. The molecule has 0 radical (unpaired) electrons. The van der Waals surface area contributed by atoms with Crippen LogP contribution in [0, 0.1) is 0 Å². The lowest BCUT2D eigenvalue weighted by Crippen LogP contribution is -1.92. The molecule has 0 aliphatic rings. The van der Waals surface area contributed by atoms with Crippen molar-refractivity contribution in [3.8, 4) is 0 Å². The molecule has 0 heterocycles. The molecule has 0 aromatic heterocycles. The van der Waals surface area contributed by atoms with Gasteiger partial charge in [0.15, 0.2) is 0 Å². The predicted molar refractivity (Wildman–Crippen MR) is 66.4 cm³/mol. The Hall–Kier alpha value is -1.80. The van der Waals surface area contributed by atoms with Gasteiger partial charge in [0.2, 0.25) is 0 Å². The van der Waals surface area contributed by atoms with Crippen LogP contribution in [-0.2, 0) is 0 Å². The Balaban J connectivity index is 2.66. The Morgan fingerprint density at radius 1 is 1.00 bits per heavy atom. The first kappa shape index (κ1) is 9.74. The summed E-state index contributed by atoms with van der Waals surface area (Å²) in [7, 11) is 0. The maximum absolute atomic E-state index is 5.90. The first-order valence-electron chi connectivity index (χ1n) is 4.97. The molecule has 2 nitrogen and oxygen atoms in total. The third kappa shape index (κ3) is 1.85. The van der Waals surface area contributed by atoms with E-state index in [2.05, 4.69) is 12.1 Å². The molecular formula is C13H14N2. The van der Waals surface area contributed by atoms with Gasteiger partial charge in [-0.1, -0.05) is 42.5 Å². The summed E-state index contributed by atoms with van der Waals surface area (Å²) in [5.74, 6) is 0. The Morgan fingerprint density at radius 3 is 2.53 bits per heavy atom. The first-order valence-corrected chi connectivity index (χ1v) is 4.97. The normalized spacial score (nSPS) is 11.3. The van der Waals surface area contributed by atoms with Crippen molar-refractivity contribution >= 4 is 22.5 Å². The van der Waals surface area contributed by atoms with Gasteiger partial charge < -0.3 is 11.5 Å². The fourth-order valence-electron chi connectivity index (χ4n) is 1.70. The predicted octanol–water partition coefficient (Wildman–Crippen LogP) is 2.39. The minimum absolute atomic E-state index is 0.554. The molecule has 2 heteroatoms. The van der Waals surface area contributed by atoms with Crippen LogP contribution in [0.3, 0.4) is 0 Å². The summed E-state index contributed by atoms with van der Waals surface area (Å²) in [4.78, 5) is 0. The quantitative estimate of drug-likeness (QED) is 0.728. The Bertz CT molecular complexity index is 501. The molecule has 0 fully saturated rings. The number of hydrogen-bond donors (Lipinski definition) is 2. The smallest absolute Gasteiger partial charge is 0.0393 e. The van der Waals surface area contributed by atoms with E-state index in [1.807, 2.05) is 36.4 Å². The fraction of sp³-hybridized carbons (Fsp3) is 0.0769. The number of nitrogens with two attached hydrogens (primary N) is 2. The van der Waals surface area contributed by atoms with Gasteiger partial charge in [0.25, 0.3) is 0 Å². The van der Waals surface area contributed by atoms with Crippen molar-refractivity contribution in [2.75, 3.05) is 12.3 Å². The van der Waals surface area contributed by atoms with Gasteiger partial charge in [0, 0.05) is 17.6 Å². The average molecular weight is 198 g/mol. The van der Waals surface area contributed by atoms with Crippen molar-refractivity contribution < 1.29 is 0 Å². The van der Waals surface area contributed by atoms with E-state index < -0.39 is 0 Å². The maximum atomic E-state index is 5.90. The van der Waals surface area contributed by atoms with Gasteiger partial charge in [-0.25, -0.2) is 0 Å². The Labute approximate surface area is 89.2 Å². The Kier molecular flexibility index (Phi) is 2.70. The van der Waals surface area contributed by atoms with Crippen LogP contribution in [0.4, 0.5) is 5.69 Å². The highest BCUT2D eigenvalue weighted by atomic mass is 14.5. The van der Waals surface area contributed by atoms with Gasteiger partial charge in [-0.3, -0.25) is 0 Å². The Morgan fingerprint density at radius 2 is 1.73 bits per heavy atom. The van der Waals surface area contributed by atoms with Crippen LogP contribution in [0.1, 0.15) is 5.56 Å². The van der Waals surface area contributed by atoms with E-state index in [-0.39, 0.29) is 0 Å². The third-order valence-electron chi connectivity index (χ3n) is 2.42. The molecule has 0 unspecified atom stereocenters. The average Bonchev–Trinajstić information content (AvgIpc) is 2.27. The lowest BCUT2D eigenvalue weighted by molar-refractivity contribution is 1.26. The van der Waals surface area contributed by atoms with Gasteiger partial charge in [-0.2, -0.15) is 0 Å². The molecule has 2 aromatic carbocycles. The van der Waals surface area contributed by atoms with E-state index >= 15 is 0 Å². The molecule has 0 atom stereocenters. The zero-order valence-electron chi connectivity index (χ0n) is 8.48. The van der Waals surface area contributed by atoms with E-state index in [1.54, 1.807) is 0 Å². The molecule has 2 rings (SSSR count). The molecule has 0 spiro atoms. The highest BCUT2D eigenvalue weighted by Gasteiger charge is 1.99. The minimum atomic E-state index is 0.554. The molecular weight excluding hydrogens is 184 g/mol. The lowest BCUT2D eigenvalue weighted by atomic mass is 10.0. The number of anilines is 1. The van der Waals surface area contributed by atoms with E-state index in [0.29, 0.717) is 6.54 Å². The van der Waals surface area contributed by atoms with E-state index in [0.717, 1.165) is 16.6 Å². The summed E-state index contributed by atoms with van der Waals surface area (Å²) >= 11 is 0. The molecule has 0 saturated heterocycles. The standard InChI is InChI=1S/C13H14N2/c14-9-3-5-10-4-1-7-12-11(10)6-2-8-13(12)15/h1-8H,9,14-15H2. The molecule has 15 heavy (non-hydrogen) atoms. The van der Waals surface area contributed by atoms with Crippen molar-refractivity contribution in [2.45, 2.75) is 0 Å². The van der Waals surface area contributed by atoms with Crippen molar-refractivity contribution in [3.63, 3.8) is 0 Å². The number of rotatable bonds is 2. The highest BCUT2D eigenvalue weighted by molar-refractivity contribution is 5.97. The minimum Gasteiger partial charge on any atom is -0.398 e. The molecule has 2 aromatic rings. The van der Waals surface area contributed by atoms with Crippen molar-refractivity contribution in [1.82, 2.24) is 0 Å². The van der Waals surface area contributed by atoms with Gasteiger partial charge >= 0.3 is 0 Å².